The lowest BCUT2D eigenvalue weighted by Crippen LogP contribution is -2.47. The van der Waals surface area contributed by atoms with Crippen molar-refractivity contribution in [2.45, 2.75) is 26.7 Å². The van der Waals surface area contributed by atoms with Gasteiger partial charge in [-0.05, 0) is 44.5 Å². The Hall–Kier alpha value is -2.58. The Balaban J connectivity index is 1.44. The van der Waals surface area contributed by atoms with E-state index in [2.05, 4.69) is 25.1 Å². The Morgan fingerprint density at radius 1 is 1.12 bits per heavy atom. The van der Waals surface area contributed by atoms with E-state index in [0.717, 1.165) is 51.5 Å². The summed E-state index contributed by atoms with van der Waals surface area (Å²) in [7, 11) is 0. The molecule has 174 valence electrons. The molecule has 3 rings (SSSR count). The van der Waals surface area contributed by atoms with Gasteiger partial charge < -0.3 is 19.7 Å². The summed E-state index contributed by atoms with van der Waals surface area (Å²) in [6, 6.07) is 5.16. The molecule has 1 aliphatic heterocycles. The van der Waals surface area contributed by atoms with Gasteiger partial charge in [0, 0.05) is 50.7 Å². The van der Waals surface area contributed by atoms with E-state index >= 15 is 0 Å². The van der Waals surface area contributed by atoms with Gasteiger partial charge in [0.1, 0.15) is 0 Å². The van der Waals surface area contributed by atoms with E-state index in [1.807, 2.05) is 19.9 Å². The maximum absolute atomic E-state index is 12.6. The number of hydrogen-bond acceptors (Lipinski definition) is 7. The Morgan fingerprint density at radius 2 is 1.88 bits per heavy atom. The van der Waals surface area contributed by atoms with Crippen molar-refractivity contribution in [1.29, 1.82) is 0 Å². The van der Waals surface area contributed by atoms with Gasteiger partial charge in [-0.2, -0.15) is 0 Å². The Morgan fingerprint density at radius 3 is 2.56 bits per heavy atom. The number of nitrogens with zero attached hydrogens (tertiary/aromatic N) is 4. The quantitative estimate of drug-likeness (QED) is 0.514. The molecule has 0 saturated carbocycles. The number of anilines is 1. The highest BCUT2D eigenvalue weighted by Crippen LogP contribution is 2.36. The number of amides is 1. The average molecular weight is 462 g/mol. The predicted molar refractivity (Wildman–Crippen MR) is 126 cm³/mol. The number of ether oxygens (including phenoxy) is 2. The zero-order chi connectivity index (χ0) is 22.8. The highest BCUT2D eigenvalue weighted by atomic mass is 35.5. The third-order valence-corrected chi connectivity index (χ3v) is 5.45. The molecule has 1 saturated heterocycles. The summed E-state index contributed by atoms with van der Waals surface area (Å²) in [5.74, 6) is 1.61. The van der Waals surface area contributed by atoms with Crippen LogP contribution in [0.4, 0.5) is 5.95 Å². The van der Waals surface area contributed by atoms with Crippen molar-refractivity contribution in [2.75, 3.05) is 57.4 Å². The zero-order valence-corrected chi connectivity index (χ0v) is 19.6. The molecule has 1 aromatic carbocycles. The first-order valence-electron chi connectivity index (χ1n) is 11.2. The first kappa shape index (κ1) is 24.1. The fourth-order valence-electron chi connectivity index (χ4n) is 3.54. The van der Waals surface area contributed by atoms with Crippen LogP contribution in [0.3, 0.4) is 0 Å². The summed E-state index contributed by atoms with van der Waals surface area (Å²) in [6.45, 7) is 10.2. The molecule has 2 aromatic rings. The maximum atomic E-state index is 12.6. The van der Waals surface area contributed by atoms with Gasteiger partial charge in [-0.1, -0.05) is 18.5 Å². The van der Waals surface area contributed by atoms with Gasteiger partial charge in [0.2, 0.25) is 5.95 Å². The number of carbonyl (C=O) groups is 1. The highest BCUT2D eigenvalue weighted by molar-refractivity contribution is 6.32. The van der Waals surface area contributed by atoms with Crippen molar-refractivity contribution in [1.82, 2.24) is 20.2 Å². The Bertz CT molecular complexity index is 860. The summed E-state index contributed by atoms with van der Waals surface area (Å²) < 4.78 is 11.3. The number of aromatic nitrogens is 2. The Labute approximate surface area is 194 Å². The number of halogens is 1. The molecule has 0 unspecified atom stereocenters. The van der Waals surface area contributed by atoms with Gasteiger partial charge >= 0.3 is 0 Å². The molecule has 1 fully saturated rings. The second kappa shape index (κ2) is 12.5. The molecule has 8 nitrogen and oxygen atoms in total. The average Bonchev–Trinajstić information content (AvgIpc) is 2.82. The van der Waals surface area contributed by atoms with E-state index in [0.29, 0.717) is 41.8 Å². The summed E-state index contributed by atoms with van der Waals surface area (Å²) in [5, 5.41) is 3.37. The van der Waals surface area contributed by atoms with Crippen molar-refractivity contribution in [3.05, 3.63) is 41.2 Å². The van der Waals surface area contributed by atoms with Crippen LogP contribution < -0.4 is 19.7 Å². The number of rotatable bonds is 11. The third-order valence-electron chi connectivity index (χ3n) is 5.17. The number of hydrogen-bond donors (Lipinski definition) is 1. The lowest BCUT2D eigenvalue weighted by molar-refractivity contribution is 0.0951. The van der Waals surface area contributed by atoms with Crippen LogP contribution in [0.5, 0.6) is 11.5 Å². The monoisotopic (exact) mass is 461 g/mol. The smallest absolute Gasteiger partial charge is 0.251 e. The molecule has 0 radical (unpaired) electrons. The summed E-state index contributed by atoms with van der Waals surface area (Å²) in [4.78, 5) is 25.9. The minimum Gasteiger partial charge on any atom is -0.490 e. The number of carbonyl (C=O) groups excluding carboxylic acids is 1. The van der Waals surface area contributed by atoms with Crippen LogP contribution in [0.2, 0.25) is 5.02 Å². The van der Waals surface area contributed by atoms with Crippen LogP contribution in [0, 0.1) is 0 Å². The van der Waals surface area contributed by atoms with Gasteiger partial charge in [-0.25, -0.2) is 9.97 Å². The van der Waals surface area contributed by atoms with Gasteiger partial charge in [0.25, 0.3) is 5.91 Å². The molecular weight excluding hydrogens is 430 g/mol. The van der Waals surface area contributed by atoms with Crippen LogP contribution in [-0.2, 0) is 0 Å². The lowest BCUT2D eigenvalue weighted by Gasteiger charge is -2.34. The summed E-state index contributed by atoms with van der Waals surface area (Å²) in [6.07, 6.45) is 5.28. The van der Waals surface area contributed by atoms with Crippen LogP contribution in [0.25, 0.3) is 0 Å². The Kier molecular flexibility index (Phi) is 9.37. The molecule has 32 heavy (non-hydrogen) atoms. The van der Waals surface area contributed by atoms with E-state index in [9.17, 15) is 4.79 Å². The van der Waals surface area contributed by atoms with Crippen molar-refractivity contribution >= 4 is 23.5 Å². The first-order valence-corrected chi connectivity index (χ1v) is 11.6. The van der Waals surface area contributed by atoms with Crippen molar-refractivity contribution in [3.8, 4) is 11.5 Å². The topological polar surface area (TPSA) is 79.8 Å². The van der Waals surface area contributed by atoms with Gasteiger partial charge in [-0.3, -0.25) is 9.69 Å². The zero-order valence-electron chi connectivity index (χ0n) is 18.8. The number of piperazine rings is 1. The van der Waals surface area contributed by atoms with E-state index in [4.69, 9.17) is 21.1 Å². The molecule has 1 aromatic heterocycles. The second-order valence-corrected chi connectivity index (χ2v) is 7.96. The van der Waals surface area contributed by atoms with E-state index in [-0.39, 0.29) is 5.91 Å². The molecule has 1 amide bonds. The number of benzene rings is 1. The molecule has 2 heterocycles. The first-order chi connectivity index (χ1) is 15.6. The van der Waals surface area contributed by atoms with Crippen molar-refractivity contribution < 1.29 is 14.3 Å². The molecule has 0 atom stereocenters. The predicted octanol–water partition coefficient (Wildman–Crippen LogP) is 3.26. The fourth-order valence-corrected chi connectivity index (χ4v) is 3.80. The molecule has 9 heteroatoms. The fraction of sp³-hybridized carbons (Fsp3) is 0.522. The van der Waals surface area contributed by atoms with E-state index in [1.54, 1.807) is 24.5 Å². The summed E-state index contributed by atoms with van der Waals surface area (Å²) >= 11 is 6.36. The minimum atomic E-state index is -0.166. The van der Waals surface area contributed by atoms with Gasteiger partial charge in [-0.15, -0.1) is 0 Å². The van der Waals surface area contributed by atoms with Crippen molar-refractivity contribution in [3.63, 3.8) is 0 Å². The van der Waals surface area contributed by atoms with E-state index < -0.39 is 0 Å². The second-order valence-electron chi connectivity index (χ2n) is 7.55. The SMILES string of the molecule is CCCOc1c(Cl)cc(C(=O)NCCCN2CCN(c3ncccn3)CC2)cc1OCC. The maximum Gasteiger partial charge on any atom is 0.251 e. The van der Waals surface area contributed by atoms with Crippen molar-refractivity contribution in [2.24, 2.45) is 0 Å². The van der Waals surface area contributed by atoms with Crippen LogP contribution in [0.1, 0.15) is 37.0 Å². The third kappa shape index (κ3) is 6.71. The molecule has 0 spiro atoms. The number of nitrogens with one attached hydrogen (secondary N) is 1. The van der Waals surface area contributed by atoms with E-state index in [1.165, 1.54) is 0 Å². The van der Waals surface area contributed by atoms with Crippen LogP contribution >= 0.6 is 11.6 Å². The largest absolute Gasteiger partial charge is 0.490 e. The van der Waals surface area contributed by atoms with Gasteiger partial charge in [0.15, 0.2) is 11.5 Å². The normalized spacial score (nSPS) is 14.3. The molecular formula is C23H32ClN5O3. The highest BCUT2D eigenvalue weighted by Gasteiger charge is 2.19. The van der Waals surface area contributed by atoms with Gasteiger partial charge in [0.05, 0.1) is 18.2 Å². The molecule has 0 bridgehead atoms. The minimum absolute atomic E-state index is 0.166. The van der Waals surface area contributed by atoms with Crippen LogP contribution in [0.15, 0.2) is 30.6 Å². The molecule has 0 aliphatic carbocycles. The molecule has 1 aliphatic rings. The lowest BCUT2D eigenvalue weighted by atomic mass is 10.2. The molecule has 1 N–H and O–H groups in total. The van der Waals surface area contributed by atoms with Crippen LogP contribution in [-0.4, -0.2) is 73.3 Å². The summed E-state index contributed by atoms with van der Waals surface area (Å²) in [5.41, 5.74) is 0.471. The standard InChI is InChI=1S/C23H32ClN5O3/c1-3-15-32-21-19(24)16-18(17-20(21)31-4-2)22(30)25-9-6-10-28-11-13-29(14-12-28)23-26-7-5-8-27-23/h5,7-8,16-17H,3-4,6,9-15H2,1-2H3,(H,25,30).